The van der Waals surface area contributed by atoms with Gasteiger partial charge in [0, 0.05) is 19.2 Å². The lowest BCUT2D eigenvalue weighted by Gasteiger charge is -2.42. The molecule has 0 spiro atoms. The lowest BCUT2D eigenvalue weighted by atomic mass is 9.79. The van der Waals surface area contributed by atoms with Crippen molar-refractivity contribution < 1.29 is 19.2 Å². The van der Waals surface area contributed by atoms with Crippen LogP contribution in [-0.4, -0.2) is 52.5 Å². The molecule has 1 aliphatic heterocycles. The van der Waals surface area contributed by atoms with Crippen molar-refractivity contribution in [3.05, 3.63) is 42.1 Å². The SMILES string of the molecule is CO[C@@]12CC[C@@H](O)C[C@@H]1N(C(=O)c1cnoc1-c1ccccc1)CC2. The van der Waals surface area contributed by atoms with E-state index in [9.17, 15) is 9.90 Å². The number of hydrogen-bond donors (Lipinski definition) is 1. The Morgan fingerprint density at radius 3 is 2.92 bits per heavy atom. The first-order chi connectivity index (χ1) is 12.1. The zero-order valence-electron chi connectivity index (χ0n) is 14.2. The Morgan fingerprint density at radius 2 is 2.16 bits per heavy atom. The molecule has 2 heterocycles. The molecule has 0 bridgehead atoms. The van der Waals surface area contributed by atoms with Gasteiger partial charge in [-0.3, -0.25) is 4.79 Å². The number of nitrogens with zero attached hydrogens (tertiary/aromatic N) is 2. The first-order valence-electron chi connectivity index (χ1n) is 8.69. The molecule has 1 aliphatic carbocycles. The maximum atomic E-state index is 13.2. The van der Waals surface area contributed by atoms with Gasteiger partial charge in [0.15, 0.2) is 5.76 Å². The normalized spacial score (nSPS) is 28.8. The predicted molar refractivity (Wildman–Crippen MR) is 91.0 cm³/mol. The average Bonchev–Trinajstić information content (AvgIpc) is 3.27. The van der Waals surface area contributed by atoms with Crippen LogP contribution in [0.1, 0.15) is 36.0 Å². The number of aliphatic hydroxyl groups is 1. The van der Waals surface area contributed by atoms with Gasteiger partial charge in [0.2, 0.25) is 0 Å². The van der Waals surface area contributed by atoms with Crippen LogP contribution in [0.25, 0.3) is 11.3 Å². The van der Waals surface area contributed by atoms with E-state index in [-0.39, 0.29) is 17.6 Å². The largest absolute Gasteiger partial charge is 0.393 e. The molecule has 2 aromatic rings. The lowest BCUT2D eigenvalue weighted by Crippen LogP contribution is -2.52. The Balaban J connectivity index is 1.65. The third-order valence-corrected chi connectivity index (χ3v) is 5.66. The van der Waals surface area contributed by atoms with Gasteiger partial charge in [-0.15, -0.1) is 0 Å². The fraction of sp³-hybridized carbons (Fsp3) is 0.474. The molecule has 1 N–H and O–H groups in total. The number of rotatable bonds is 3. The number of benzene rings is 1. The molecule has 4 rings (SSSR count). The molecule has 3 atom stereocenters. The van der Waals surface area contributed by atoms with Crippen LogP contribution in [-0.2, 0) is 4.74 Å². The van der Waals surface area contributed by atoms with Gasteiger partial charge < -0.3 is 19.3 Å². The van der Waals surface area contributed by atoms with Gasteiger partial charge in [-0.05, 0) is 25.7 Å². The number of carbonyl (C=O) groups excluding carboxylic acids is 1. The fourth-order valence-corrected chi connectivity index (χ4v) is 4.26. The van der Waals surface area contributed by atoms with Crippen LogP contribution in [0.3, 0.4) is 0 Å². The first kappa shape index (κ1) is 16.3. The number of aromatic nitrogens is 1. The van der Waals surface area contributed by atoms with E-state index in [1.165, 1.54) is 6.20 Å². The molecule has 1 aromatic carbocycles. The van der Waals surface area contributed by atoms with Crippen molar-refractivity contribution in [2.45, 2.75) is 43.4 Å². The van der Waals surface area contributed by atoms with E-state index in [4.69, 9.17) is 9.26 Å². The van der Waals surface area contributed by atoms with Crippen molar-refractivity contribution >= 4 is 5.91 Å². The number of aliphatic hydroxyl groups excluding tert-OH is 1. The van der Waals surface area contributed by atoms with Crippen molar-refractivity contribution in [3.63, 3.8) is 0 Å². The van der Waals surface area contributed by atoms with E-state index in [0.717, 1.165) is 24.8 Å². The number of methoxy groups -OCH3 is 1. The third kappa shape index (κ3) is 2.65. The molecular formula is C19H22N2O4. The molecule has 6 nitrogen and oxygen atoms in total. The minimum Gasteiger partial charge on any atom is -0.393 e. The first-order valence-corrected chi connectivity index (χ1v) is 8.69. The van der Waals surface area contributed by atoms with Gasteiger partial charge in [-0.2, -0.15) is 0 Å². The monoisotopic (exact) mass is 342 g/mol. The maximum absolute atomic E-state index is 13.2. The van der Waals surface area contributed by atoms with Crippen LogP contribution in [0.2, 0.25) is 0 Å². The predicted octanol–water partition coefficient (Wildman–Crippen LogP) is 2.49. The van der Waals surface area contributed by atoms with E-state index < -0.39 is 6.10 Å². The Labute approximate surface area is 146 Å². The highest BCUT2D eigenvalue weighted by atomic mass is 16.5. The summed E-state index contributed by atoms with van der Waals surface area (Å²) in [5.74, 6) is 0.370. The molecular weight excluding hydrogens is 320 g/mol. The number of carbonyl (C=O) groups is 1. The summed E-state index contributed by atoms with van der Waals surface area (Å²) in [4.78, 5) is 15.0. The van der Waals surface area contributed by atoms with Crippen molar-refractivity contribution in [2.75, 3.05) is 13.7 Å². The Morgan fingerprint density at radius 1 is 1.36 bits per heavy atom. The molecule has 1 saturated carbocycles. The van der Waals surface area contributed by atoms with Gasteiger partial charge in [-0.25, -0.2) is 0 Å². The smallest absolute Gasteiger partial charge is 0.259 e. The van der Waals surface area contributed by atoms with E-state index in [2.05, 4.69) is 5.16 Å². The van der Waals surface area contributed by atoms with Crippen LogP contribution in [0.5, 0.6) is 0 Å². The minimum atomic E-state index is -0.391. The molecule has 1 aromatic heterocycles. The lowest BCUT2D eigenvalue weighted by molar-refractivity contribution is -0.0824. The summed E-state index contributed by atoms with van der Waals surface area (Å²) >= 11 is 0. The van der Waals surface area contributed by atoms with Crippen LogP contribution in [0, 0.1) is 0 Å². The van der Waals surface area contributed by atoms with Crippen molar-refractivity contribution in [1.82, 2.24) is 10.1 Å². The van der Waals surface area contributed by atoms with Gasteiger partial charge >= 0.3 is 0 Å². The molecule has 0 radical (unpaired) electrons. The summed E-state index contributed by atoms with van der Waals surface area (Å²) in [5.41, 5.74) is 0.932. The second-order valence-electron chi connectivity index (χ2n) is 6.90. The molecule has 25 heavy (non-hydrogen) atoms. The molecule has 1 amide bonds. The van der Waals surface area contributed by atoms with Gasteiger partial charge in [-0.1, -0.05) is 35.5 Å². The van der Waals surface area contributed by atoms with Crippen LogP contribution >= 0.6 is 0 Å². The number of ether oxygens (including phenoxy) is 1. The van der Waals surface area contributed by atoms with Crippen LogP contribution in [0.4, 0.5) is 0 Å². The van der Waals surface area contributed by atoms with Gasteiger partial charge in [0.05, 0.1) is 23.9 Å². The zero-order chi connectivity index (χ0) is 17.4. The van der Waals surface area contributed by atoms with E-state index in [0.29, 0.717) is 24.3 Å². The van der Waals surface area contributed by atoms with Crippen LogP contribution < -0.4 is 0 Å². The highest BCUT2D eigenvalue weighted by Crippen LogP contribution is 2.43. The molecule has 1 saturated heterocycles. The van der Waals surface area contributed by atoms with E-state index in [1.54, 1.807) is 7.11 Å². The maximum Gasteiger partial charge on any atom is 0.259 e. The third-order valence-electron chi connectivity index (χ3n) is 5.66. The zero-order valence-corrected chi connectivity index (χ0v) is 14.2. The van der Waals surface area contributed by atoms with Crippen molar-refractivity contribution in [2.24, 2.45) is 0 Å². The highest BCUT2D eigenvalue weighted by Gasteiger charge is 2.52. The summed E-state index contributed by atoms with van der Waals surface area (Å²) in [6, 6.07) is 9.38. The number of amides is 1. The minimum absolute atomic E-state index is 0.113. The summed E-state index contributed by atoms with van der Waals surface area (Å²) in [7, 11) is 1.70. The van der Waals surface area contributed by atoms with Crippen molar-refractivity contribution in [1.29, 1.82) is 0 Å². The van der Waals surface area contributed by atoms with Gasteiger partial charge in [0.1, 0.15) is 5.56 Å². The number of hydrogen-bond acceptors (Lipinski definition) is 5. The molecule has 0 unspecified atom stereocenters. The standard InChI is InChI=1S/C19H22N2O4/c1-24-19-8-7-14(22)11-16(19)21(10-9-19)18(23)15-12-20-25-17(15)13-5-3-2-4-6-13/h2-6,12,14,16,22H,7-11H2,1H3/t14-,16+,19-/m1/s1. The van der Waals surface area contributed by atoms with Gasteiger partial charge in [0.25, 0.3) is 5.91 Å². The highest BCUT2D eigenvalue weighted by molar-refractivity contribution is 5.99. The van der Waals surface area contributed by atoms with Crippen molar-refractivity contribution in [3.8, 4) is 11.3 Å². The Kier molecular flexibility index (Phi) is 4.09. The molecule has 6 heteroatoms. The summed E-state index contributed by atoms with van der Waals surface area (Å²) in [5, 5.41) is 13.9. The number of fused-ring (bicyclic) bond motifs is 1. The summed E-state index contributed by atoms with van der Waals surface area (Å²) in [6.45, 7) is 0.615. The van der Waals surface area contributed by atoms with E-state index >= 15 is 0 Å². The quantitative estimate of drug-likeness (QED) is 0.927. The van der Waals surface area contributed by atoms with E-state index in [1.807, 2.05) is 35.2 Å². The number of likely N-dealkylation sites (tertiary alicyclic amines) is 1. The Bertz CT molecular complexity index is 760. The summed E-state index contributed by atoms with van der Waals surface area (Å²) in [6.07, 6.45) is 3.92. The molecule has 2 fully saturated rings. The topological polar surface area (TPSA) is 75.8 Å². The second kappa shape index (κ2) is 6.28. The average molecular weight is 342 g/mol. The fourth-order valence-electron chi connectivity index (χ4n) is 4.26. The van der Waals surface area contributed by atoms with Crippen LogP contribution in [0.15, 0.2) is 41.1 Å². The molecule has 132 valence electrons. The summed E-state index contributed by atoms with van der Waals surface area (Å²) < 4.78 is 11.2. The Hall–Kier alpha value is -2.18. The second-order valence-corrected chi connectivity index (χ2v) is 6.90. The molecule has 2 aliphatic rings.